The maximum Gasteiger partial charge on any atom is 0.255 e. The molecule has 5 nitrogen and oxygen atoms in total. The molecule has 1 amide bonds. The number of carbonyl (C=O) groups excluding carboxylic acids is 1. The number of thiazole rings is 1. The highest BCUT2D eigenvalue weighted by Gasteiger charge is 2.13. The smallest absolute Gasteiger partial charge is 0.255 e. The van der Waals surface area contributed by atoms with Crippen molar-refractivity contribution in [1.82, 2.24) is 10.3 Å². The summed E-state index contributed by atoms with van der Waals surface area (Å²) in [7, 11) is 3.22. The number of para-hydroxylation sites is 1. The van der Waals surface area contributed by atoms with E-state index in [1.165, 1.54) is 4.88 Å². The number of hydrogen-bond donors (Lipinski definition) is 1. The van der Waals surface area contributed by atoms with E-state index in [9.17, 15) is 4.79 Å². The van der Waals surface area contributed by atoms with Gasteiger partial charge in [-0.25, -0.2) is 4.98 Å². The van der Waals surface area contributed by atoms with Crippen LogP contribution in [0.3, 0.4) is 0 Å². The Hall–Kier alpha value is -2.86. The Kier molecular flexibility index (Phi) is 6.08. The van der Waals surface area contributed by atoms with E-state index in [1.54, 1.807) is 37.7 Å². The van der Waals surface area contributed by atoms with E-state index >= 15 is 0 Å². The molecule has 0 atom stereocenters. The van der Waals surface area contributed by atoms with Crippen molar-refractivity contribution in [1.29, 1.82) is 0 Å². The zero-order valence-electron chi connectivity index (χ0n) is 15.6. The van der Waals surface area contributed by atoms with Crippen LogP contribution < -0.4 is 14.8 Å². The Morgan fingerprint density at radius 2 is 1.81 bits per heavy atom. The number of ether oxygens (including phenoxy) is 2. The van der Waals surface area contributed by atoms with E-state index in [-0.39, 0.29) is 5.91 Å². The van der Waals surface area contributed by atoms with Crippen LogP contribution in [0.1, 0.15) is 20.9 Å². The average molecular weight is 382 g/mol. The number of amides is 1. The molecule has 0 aliphatic rings. The zero-order chi connectivity index (χ0) is 19.2. The molecular formula is C21H22N2O3S. The van der Waals surface area contributed by atoms with Gasteiger partial charge >= 0.3 is 0 Å². The molecule has 0 bridgehead atoms. The van der Waals surface area contributed by atoms with Crippen LogP contribution in [0, 0.1) is 6.92 Å². The number of carbonyl (C=O) groups is 1. The molecule has 0 aliphatic heterocycles. The van der Waals surface area contributed by atoms with Crippen LogP contribution in [-0.2, 0) is 6.42 Å². The van der Waals surface area contributed by atoms with E-state index < -0.39 is 0 Å². The van der Waals surface area contributed by atoms with Crippen molar-refractivity contribution in [3.05, 3.63) is 64.7 Å². The highest BCUT2D eigenvalue weighted by atomic mass is 32.1. The molecule has 0 fully saturated rings. The molecule has 1 N–H and O–H groups in total. The molecule has 0 unspecified atom stereocenters. The Labute approximate surface area is 163 Å². The highest BCUT2D eigenvalue weighted by Crippen LogP contribution is 2.29. The van der Waals surface area contributed by atoms with Gasteiger partial charge in [0.25, 0.3) is 5.91 Å². The van der Waals surface area contributed by atoms with Gasteiger partial charge in [0.05, 0.1) is 25.5 Å². The first-order chi connectivity index (χ1) is 13.1. The second kappa shape index (κ2) is 8.68. The predicted octanol–water partition coefficient (Wildman–Crippen LogP) is 4.11. The molecule has 6 heteroatoms. The van der Waals surface area contributed by atoms with Gasteiger partial charge in [-0.3, -0.25) is 4.79 Å². The van der Waals surface area contributed by atoms with E-state index in [0.717, 1.165) is 28.4 Å². The molecule has 3 aromatic rings. The lowest BCUT2D eigenvalue weighted by atomic mass is 10.2. The fourth-order valence-corrected chi connectivity index (χ4v) is 3.80. The van der Waals surface area contributed by atoms with Gasteiger partial charge in [0.1, 0.15) is 16.5 Å². The molecule has 0 saturated heterocycles. The van der Waals surface area contributed by atoms with Crippen molar-refractivity contribution >= 4 is 17.2 Å². The van der Waals surface area contributed by atoms with Gasteiger partial charge in [0, 0.05) is 23.4 Å². The van der Waals surface area contributed by atoms with Crippen molar-refractivity contribution in [2.75, 3.05) is 20.8 Å². The number of aromatic nitrogens is 1. The third-order valence-corrected chi connectivity index (χ3v) is 5.49. The maximum atomic E-state index is 12.4. The van der Waals surface area contributed by atoms with Gasteiger partial charge in [0.15, 0.2) is 0 Å². The molecule has 2 aromatic carbocycles. The standard InChI is InChI=1S/C21H22N2O3S/c1-14-19(27-21(23-14)15-8-10-16(25-2)11-9-15)12-13-22-20(24)17-6-4-5-7-18(17)26-3/h4-11H,12-13H2,1-3H3,(H,22,24). The summed E-state index contributed by atoms with van der Waals surface area (Å²) in [5.41, 5.74) is 2.60. The second-order valence-electron chi connectivity index (χ2n) is 5.96. The van der Waals surface area contributed by atoms with Crippen molar-refractivity contribution in [2.24, 2.45) is 0 Å². The molecule has 140 valence electrons. The van der Waals surface area contributed by atoms with Crippen LogP contribution in [0.4, 0.5) is 0 Å². The minimum absolute atomic E-state index is 0.134. The largest absolute Gasteiger partial charge is 0.497 e. The van der Waals surface area contributed by atoms with Gasteiger partial charge in [-0.05, 0) is 43.3 Å². The number of methoxy groups -OCH3 is 2. The van der Waals surface area contributed by atoms with Gasteiger partial charge in [-0.2, -0.15) is 0 Å². The van der Waals surface area contributed by atoms with Gasteiger partial charge in [-0.15, -0.1) is 11.3 Å². The fourth-order valence-electron chi connectivity index (χ4n) is 2.73. The first-order valence-corrected chi connectivity index (χ1v) is 9.46. The lowest BCUT2D eigenvalue weighted by Crippen LogP contribution is -2.26. The minimum atomic E-state index is -0.134. The fraction of sp³-hybridized carbons (Fsp3) is 0.238. The molecule has 0 saturated carbocycles. The topological polar surface area (TPSA) is 60.5 Å². The lowest BCUT2D eigenvalue weighted by molar-refractivity contribution is 0.0951. The number of rotatable bonds is 7. The van der Waals surface area contributed by atoms with Crippen molar-refractivity contribution in [2.45, 2.75) is 13.3 Å². The molecule has 1 aromatic heterocycles. The lowest BCUT2D eigenvalue weighted by Gasteiger charge is -2.08. The number of benzene rings is 2. The summed E-state index contributed by atoms with van der Waals surface area (Å²) >= 11 is 1.65. The summed E-state index contributed by atoms with van der Waals surface area (Å²) in [5, 5.41) is 3.93. The quantitative estimate of drug-likeness (QED) is 0.668. The molecule has 0 spiro atoms. The SMILES string of the molecule is COc1ccc(-c2nc(C)c(CCNC(=O)c3ccccc3OC)s2)cc1. The molecular weight excluding hydrogens is 360 g/mol. The van der Waals surface area contributed by atoms with Crippen molar-refractivity contribution < 1.29 is 14.3 Å². The third-order valence-electron chi connectivity index (χ3n) is 4.22. The molecule has 1 heterocycles. The zero-order valence-corrected chi connectivity index (χ0v) is 16.4. The third kappa shape index (κ3) is 4.46. The summed E-state index contributed by atoms with van der Waals surface area (Å²) in [4.78, 5) is 18.2. The van der Waals surface area contributed by atoms with E-state index in [2.05, 4.69) is 10.3 Å². The van der Waals surface area contributed by atoms with Crippen LogP contribution in [0.15, 0.2) is 48.5 Å². The van der Waals surface area contributed by atoms with Crippen molar-refractivity contribution in [3.8, 4) is 22.1 Å². The molecule has 0 radical (unpaired) electrons. The van der Waals surface area contributed by atoms with Crippen LogP contribution in [0.25, 0.3) is 10.6 Å². The van der Waals surface area contributed by atoms with Gasteiger partial charge in [0.2, 0.25) is 0 Å². The average Bonchev–Trinajstić information content (AvgIpc) is 3.08. The first-order valence-electron chi connectivity index (χ1n) is 8.64. The van der Waals surface area contributed by atoms with E-state index in [0.29, 0.717) is 17.9 Å². The summed E-state index contributed by atoms with van der Waals surface area (Å²) in [6.45, 7) is 2.54. The Balaban J connectivity index is 1.63. The summed E-state index contributed by atoms with van der Waals surface area (Å²) in [5.74, 6) is 1.27. The number of nitrogens with zero attached hydrogens (tertiary/aromatic N) is 1. The van der Waals surface area contributed by atoms with Crippen LogP contribution in [-0.4, -0.2) is 31.7 Å². The van der Waals surface area contributed by atoms with Gasteiger partial charge < -0.3 is 14.8 Å². The number of nitrogens with one attached hydrogen (secondary N) is 1. The van der Waals surface area contributed by atoms with Crippen LogP contribution in [0.2, 0.25) is 0 Å². The van der Waals surface area contributed by atoms with Crippen LogP contribution in [0.5, 0.6) is 11.5 Å². The number of hydrogen-bond acceptors (Lipinski definition) is 5. The maximum absolute atomic E-state index is 12.4. The van der Waals surface area contributed by atoms with E-state index in [4.69, 9.17) is 9.47 Å². The van der Waals surface area contributed by atoms with Crippen molar-refractivity contribution in [3.63, 3.8) is 0 Å². The molecule has 27 heavy (non-hydrogen) atoms. The normalized spacial score (nSPS) is 10.5. The predicted molar refractivity (Wildman–Crippen MR) is 108 cm³/mol. The minimum Gasteiger partial charge on any atom is -0.497 e. The highest BCUT2D eigenvalue weighted by molar-refractivity contribution is 7.15. The summed E-state index contributed by atoms with van der Waals surface area (Å²) in [6, 6.07) is 15.1. The number of aryl methyl sites for hydroxylation is 1. The Morgan fingerprint density at radius 3 is 2.52 bits per heavy atom. The summed E-state index contributed by atoms with van der Waals surface area (Å²) in [6.07, 6.45) is 0.737. The second-order valence-corrected chi connectivity index (χ2v) is 7.05. The van der Waals surface area contributed by atoms with Crippen LogP contribution >= 0.6 is 11.3 Å². The Morgan fingerprint density at radius 1 is 1.07 bits per heavy atom. The first kappa shape index (κ1) is 18.9. The monoisotopic (exact) mass is 382 g/mol. The summed E-state index contributed by atoms with van der Waals surface area (Å²) < 4.78 is 10.4. The van der Waals surface area contributed by atoms with E-state index in [1.807, 2.05) is 43.3 Å². The molecule has 0 aliphatic carbocycles. The Bertz CT molecular complexity index is 919. The molecule has 3 rings (SSSR count). The van der Waals surface area contributed by atoms with Gasteiger partial charge in [-0.1, -0.05) is 12.1 Å².